The third kappa shape index (κ3) is 6.83. The van der Waals surface area contributed by atoms with Crippen molar-refractivity contribution in [3.05, 3.63) is 89.0 Å². The van der Waals surface area contributed by atoms with Gasteiger partial charge in [-0.2, -0.15) is 5.10 Å². The van der Waals surface area contributed by atoms with Crippen LogP contribution < -0.4 is 19.2 Å². The van der Waals surface area contributed by atoms with E-state index in [0.717, 1.165) is 22.9 Å². The van der Waals surface area contributed by atoms with Gasteiger partial charge >= 0.3 is 0 Å². The van der Waals surface area contributed by atoms with Crippen molar-refractivity contribution in [1.29, 1.82) is 0 Å². The molecule has 0 spiro atoms. The highest BCUT2D eigenvalue weighted by Crippen LogP contribution is 2.27. The number of ether oxygens (including phenoxy) is 2. The molecule has 3 rings (SSSR count). The van der Waals surface area contributed by atoms with Gasteiger partial charge in [0.25, 0.3) is 5.91 Å². The normalized spacial score (nSPS) is 11.3. The number of carbonyl (C=O) groups is 1. The van der Waals surface area contributed by atoms with E-state index < -0.39 is 15.9 Å². The maximum absolute atomic E-state index is 12.5. The molecule has 0 radical (unpaired) electrons. The van der Waals surface area contributed by atoms with Crippen molar-refractivity contribution < 1.29 is 22.7 Å². The SMILES string of the molecule is CCOc1ccc(/C=N\NC(=O)c2ccc(N(Cc3ccccc3C)S(C)(=O)=O)cc2)cc1OC. The van der Waals surface area contributed by atoms with Gasteiger partial charge in [0, 0.05) is 5.56 Å². The highest BCUT2D eigenvalue weighted by Gasteiger charge is 2.19. The van der Waals surface area contributed by atoms with E-state index in [4.69, 9.17) is 9.47 Å². The van der Waals surface area contributed by atoms with Crippen molar-refractivity contribution in [2.24, 2.45) is 5.10 Å². The molecule has 0 heterocycles. The molecule has 0 aliphatic heterocycles. The predicted octanol–water partition coefficient (Wildman–Crippen LogP) is 4.13. The van der Waals surface area contributed by atoms with Gasteiger partial charge in [-0.25, -0.2) is 13.8 Å². The lowest BCUT2D eigenvalue weighted by Gasteiger charge is -2.23. The fourth-order valence-corrected chi connectivity index (χ4v) is 4.27. The number of nitrogens with one attached hydrogen (secondary N) is 1. The van der Waals surface area contributed by atoms with Crippen LogP contribution in [-0.2, 0) is 16.6 Å². The molecule has 0 aliphatic rings. The van der Waals surface area contributed by atoms with E-state index in [0.29, 0.717) is 29.4 Å². The maximum atomic E-state index is 12.5. The number of amides is 1. The summed E-state index contributed by atoms with van der Waals surface area (Å²) in [6.07, 6.45) is 2.66. The summed E-state index contributed by atoms with van der Waals surface area (Å²) in [5, 5.41) is 4.00. The van der Waals surface area contributed by atoms with Gasteiger partial charge in [-0.1, -0.05) is 24.3 Å². The minimum atomic E-state index is -3.53. The molecule has 0 bridgehead atoms. The summed E-state index contributed by atoms with van der Waals surface area (Å²) in [5.74, 6) is 0.774. The number of methoxy groups -OCH3 is 1. The molecule has 3 aromatic carbocycles. The molecule has 9 heteroatoms. The van der Waals surface area contributed by atoms with E-state index in [2.05, 4.69) is 10.5 Å². The van der Waals surface area contributed by atoms with E-state index >= 15 is 0 Å². The molecule has 184 valence electrons. The lowest BCUT2D eigenvalue weighted by atomic mass is 10.1. The summed E-state index contributed by atoms with van der Waals surface area (Å²) < 4.78 is 37.0. The van der Waals surface area contributed by atoms with E-state index in [9.17, 15) is 13.2 Å². The van der Waals surface area contributed by atoms with Crippen LogP contribution in [0.25, 0.3) is 0 Å². The summed E-state index contributed by atoms with van der Waals surface area (Å²) in [7, 11) is -1.98. The lowest BCUT2D eigenvalue weighted by Crippen LogP contribution is -2.29. The van der Waals surface area contributed by atoms with Gasteiger partial charge in [-0.3, -0.25) is 9.10 Å². The van der Waals surface area contributed by atoms with Crippen molar-refractivity contribution in [2.45, 2.75) is 20.4 Å². The number of hydrazone groups is 1. The van der Waals surface area contributed by atoms with Gasteiger partial charge in [0.2, 0.25) is 10.0 Å². The number of nitrogens with zero attached hydrogens (tertiary/aromatic N) is 2. The van der Waals surface area contributed by atoms with E-state index in [1.165, 1.54) is 10.5 Å². The van der Waals surface area contributed by atoms with Crippen molar-refractivity contribution in [3.63, 3.8) is 0 Å². The molecule has 0 saturated heterocycles. The predicted molar refractivity (Wildman–Crippen MR) is 138 cm³/mol. The highest BCUT2D eigenvalue weighted by atomic mass is 32.2. The topological polar surface area (TPSA) is 97.3 Å². The summed E-state index contributed by atoms with van der Waals surface area (Å²) in [6.45, 7) is 4.55. The van der Waals surface area contributed by atoms with Gasteiger partial charge in [0.1, 0.15) is 0 Å². The second kappa shape index (κ2) is 11.5. The first kappa shape index (κ1) is 25.8. The molecule has 1 amide bonds. The molecule has 1 N–H and O–H groups in total. The fourth-order valence-electron chi connectivity index (χ4n) is 3.39. The van der Waals surface area contributed by atoms with Crippen molar-refractivity contribution in [2.75, 3.05) is 24.3 Å². The van der Waals surface area contributed by atoms with Crippen molar-refractivity contribution in [3.8, 4) is 11.5 Å². The first-order chi connectivity index (χ1) is 16.7. The number of rotatable bonds is 10. The molecule has 35 heavy (non-hydrogen) atoms. The number of carbonyl (C=O) groups excluding carboxylic acids is 1. The number of hydrogen-bond donors (Lipinski definition) is 1. The van der Waals surface area contributed by atoms with Gasteiger partial charge < -0.3 is 9.47 Å². The Kier molecular flexibility index (Phi) is 8.48. The quantitative estimate of drug-likeness (QED) is 0.337. The van der Waals surface area contributed by atoms with Gasteiger partial charge in [-0.15, -0.1) is 0 Å². The molecule has 0 atom stereocenters. The smallest absolute Gasteiger partial charge is 0.271 e. The number of anilines is 1. The van der Waals surface area contributed by atoms with Crippen LogP contribution in [0.3, 0.4) is 0 Å². The average Bonchev–Trinajstić information content (AvgIpc) is 2.84. The first-order valence-electron chi connectivity index (χ1n) is 11.0. The zero-order valence-electron chi connectivity index (χ0n) is 20.2. The molecule has 0 unspecified atom stereocenters. The van der Waals surface area contributed by atoms with Crippen LogP contribution >= 0.6 is 0 Å². The Morgan fingerprint density at radius 1 is 1.06 bits per heavy atom. The molecule has 3 aromatic rings. The summed E-state index contributed by atoms with van der Waals surface area (Å²) in [4.78, 5) is 12.5. The molecule has 0 aliphatic carbocycles. The van der Waals surface area contributed by atoms with Gasteiger partial charge in [0.05, 0.1) is 38.4 Å². The fraction of sp³-hybridized carbons (Fsp3) is 0.231. The number of hydrogen-bond acceptors (Lipinski definition) is 6. The molecule has 0 fully saturated rings. The summed E-state index contributed by atoms with van der Waals surface area (Å²) >= 11 is 0. The number of sulfonamides is 1. The van der Waals surface area contributed by atoms with Crippen LogP contribution in [0.2, 0.25) is 0 Å². The van der Waals surface area contributed by atoms with Gasteiger partial charge in [-0.05, 0) is 73.0 Å². The van der Waals surface area contributed by atoms with E-state index in [-0.39, 0.29) is 6.54 Å². The Bertz CT molecular complexity index is 1300. The number of aryl methyl sites for hydroxylation is 1. The largest absolute Gasteiger partial charge is 0.493 e. The summed E-state index contributed by atoms with van der Waals surface area (Å²) in [5.41, 5.74) is 5.92. The molecular formula is C26H29N3O5S. The zero-order valence-corrected chi connectivity index (χ0v) is 21.0. The van der Waals surface area contributed by atoms with Crippen molar-refractivity contribution in [1.82, 2.24) is 5.43 Å². The molecular weight excluding hydrogens is 466 g/mol. The van der Waals surface area contributed by atoms with Crippen LogP contribution in [0.5, 0.6) is 11.5 Å². The van der Waals surface area contributed by atoms with Crippen LogP contribution in [-0.4, -0.2) is 40.5 Å². The number of benzene rings is 3. The minimum absolute atomic E-state index is 0.201. The Hall–Kier alpha value is -3.85. The lowest BCUT2D eigenvalue weighted by molar-refractivity contribution is 0.0955. The highest BCUT2D eigenvalue weighted by molar-refractivity contribution is 7.92. The van der Waals surface area contributed by atoms with Crippen LogP contribution in [0.4, 0.5) is 5.69 Å². The molecule has 0 aromatic heterocycles. The third-order valence-electron chi connectivity index (χ3n) is 5.26. The second-order valence-corrected chi connectivity index (χ2v) is 9.69. The summed E-state index contributed by atoms with van der Waals surface area (Å²) in [6, 6.07) is 19.3. The van der Waals surface area contributed by atoms with Crippen LogP contribution in [0.1, 0.15) is 34.0 Å². The Morgan fingerprint density at radius 3 is 2.40 bits per heavy atom. The zero-order chi connectivity index (χ0) is 25.4. The molecule has 0 saturated carbocycles. The Labute approximate surface area is 206 Å². The average molecular weight is 496 g/mol. The van der Waals surface area contributed by atoms with E-state index in [1.54, 1.807) is 49.6 Å². The minimum Gasteiger partial charge on any atom is -0.493 e. The standard InChI is InChI=1S/C26H29N3O5S/c1-5-34-24-15-10-20(16-25(24)33-3)17-27-28-26(30)21-11-13-23(14-12-21)29(35(4,31)32)18-22-9-7-6-8-19(22)2/h6-17H,5,18H2,1-4H3,(H,28,30)/b27-17-. The van der Waals surface area contributed by atoms with Crippen LogP contribution in [0.15, 0.2) is 71.8 Å². The Balaban J connectivity index is 1.70. The second-order valence-electron chi connectivity index (χ2n) is 7.79. The first-order valence-corrected chi connectivity index (χ1v) is 12.8. The van der Waals surface area contributed by atoms with Gasteiger partial charge in [0.15, 0.2) is 11.5 Å². The van der Waals surface area contributed by atoms with Crippen LogP contribution in [0, 0.1) is 6.92 Å². The van der Waals surface area contributed by atoms with E-state index in [1.807, 2.05) is 38.1 Å². The monoisotopic (exact) mass is 495 g/mol. The third-order valence-corrected chi connectivity index (χ3v) is 6.40. The Morgan fingerprint density at radius 2 is 1.77 bits per heavy atom. The van der Waals surface area contributed by atoms with Crippen molar-refractivity contribution >= 4 is 27.8 Å². The molecule has 8 nitrogen and oxygen atoms in total. The maximum Gasteiger partial charge on any atom is 0.271 e.